The maximum absolute atomic E-state index is 15.3. The first kappa shape index (κ1) is 24.2. The first-order valence-electron chi connectivity index (χ1n) is 11.8. The molecule has 1 aliphatic carbocycles. The molecule has 8 heteroatoms. The molecule has 1 heterocycles. The largest absolute Gasteiger partial charge is 0.478 e. The van der Waals surface area contributed by atoms with Crippen LogP contribution in [0.1, 0.15) is 38.3 Å². The molecule has 0 spiro atoms. The number of halogens is 1. The number of hydrogen-bond donors (Lipinski definition) is 2. The molecule has 0 fully saturated rings. The molecule has 2 N–H and O–H groups in total. The summed E-state index contributed by atoms with van der Waals surface area (Å²) in [5.74, 6) is -1.65. The Morgan fingerprint density at radius 1 is 0.946 bits per heavy atom. The van der Waals surface area contributed by atoms with Crippen LogP contribution in [0.15, 0.2) is 77.8 Å². The van der Waals surface area contributed by atoms with E-state index in [-0.39, 0.29) is 29.6 Å². The van der Waals surface area contributed by atoms with E-state index in [4.69, 9.17) is 9.84 Å². The number of rotatable bonds is 5. The summed E-state index contributed by atoms with van der Waals surface area (Å²) in [6.45, 7) is 1.72. The number of amidine groups is 1. The number of hydrogen-bond acceptors (Lipinski definition) is 5. The fourth-order valence-corrected chi connectivity index (χ4v) is 4.79. The summed E-state index contributed by atoms with van der Waals surface area (Å²) in [5, 5.41) is 18.5. The van der Waals surface area contributed by atoms with Gasteiger partial charge in [0.25, 0.3) is 6.02 Å². The average molecular weight is 501 g/mol. The van der Waals surface area contributed by atoms with E-state index >= 15 is 4.39 Å². The Morgan fingerprint density at radius 3 is 2.19 bits per heavy atom. The smallest absolute Gasteiger partial charge is 0.336 e. The van der Waals surface area contributed by atoms with Gasteiger partial charge in [0, 0.05) is 13.5 Å². The van der Waals surface area contributed by atoms with E-state index in [0.717, 1.165) is 16.7 Å². The van der Waals surface area contributed by atoms with Crippen molar-refractivity contribution in [3.05, 3.63) is 95.1 Å². The molecule has 37 heavy (non-hydrogen) atoms. The van der Waals surface area contributed by atoms with Gasteiger partial charge in [-0.1, -0.05) is 48.5 Å². The Morgan fingerprint density at radius 2 is 1.57 bits per heavy atom. The highest BCUT2D eigenvalue weighted by Gasteiger charge is 2.40. The van der Waals surface area contributed by atoms with Gasteiger partial charge in [0.05, 0.1) is 23.2 Å². The van der Waals surface area contributed by atoms with Gasteiger partial charge in [-0.3, -0.25) is 0 Å². The SMILES string of the molecule is Cc1ccc(OC2=NC3C=C(c4ccc(-c5ccc(C(=O)O)cc5)cc4)C(F)CC3N2C)cc1C(=O)O. The van der Waals surface area contributed by atoms with Crippen molar-refractivity contribution in [1.82, 2.24) is 4.90 Å². The summed E-state index contributed by atoms with van der Waals surface area (Å²) in [6.07, 6.45) is 0.896. The van der Waals surface area contributed by atoms with Crippen molar-refractivity contribution >= 4 is 23.5 Å². The molecule has 7 nitrogen and oxygen atoms in total. The van der Waals surface area contributed by atoms with Crippen molar-refractivity contribution in [3.63, 3.8) is 0 Å². The third kappa shape index (κ3) is 4.70. The number of carboxylic acids is 2. The van der Waals surface area contributed by atoms with E-state index in [1.54, 1.807) is 55.3 Å². The Bertz CT molecular complexity index is 1430. The lowest BCUT2D eigenvalue weighted by atomic mass is 9.86. The van der Waals surface area contributed by atoms with Crippen molar-refractivity contribution in [3.8, 4) is 16.9 Å². The number of likely N-dealkylation sites (N-methyl/N-ethyl adjacent to an activating group) is 1. The second-order valence-corrected chi connectivity index (χ2v) is 9.25. The lowest BCUT2D eigenvalue weighted by Crippen LogP contribution is -2.42. The zero-order valence-electron chi connectivity index (χ0n) is 20.3. The van der Waals surface area contributed by atoms with Gasteiger partial charge in [0.15, 0.2) is 0 Å². The monoisotopic (exact) mass is 500 g/mol. The summed E-state index contributed by atoms with van der Waals surface area (Å²) in [6, 6.07) is 18.8. The number of fused-ring (bicyclic) bond motifs is 1. The van der Waals surface area contributed by atoms with Crippen LogP contribution in [0, 0.1) is 6.92 Å². The number of carbonyl (C=O) groups is 2. The van der Waals surface area contributed by atoms with Crippen LogP contribution in [-0.2, 0) is 0 Å². The van der Waals surface area contributed by atoms with Crippen LogP contribution in [0.25, 0.3) is 16.7 Å². The summed E-state index contributed by atoms with van der Waals surface area (Å²) in [7, 11) is 1.80. The van der Waals surface area contributed by atoms with Crippen molar-refractivity contribution < 1.29 is 28.9 Å². The minimum atomic E-state index is -1.18. The van der Waals surface area contributed by atoms with Gasteiger partial charge in [-0.05, 0) is 59.0 Å². The normalized spacial score (nSPS) is 20.6. The third-order valence-electron chi connectivity index (χ3n) is 6.92. The van der Waals surface area contributed by atoms with Gasteiger partial charge < -0.3 is 19.8 Å². The molecule has 188 valence electrons. The molecule has 3 atom stereocenters. The van der Waals surface area contributed by atoms with Crippen molar-refractivity contribution in [2.45, 2.75) is 31.6 Å². The number of ether oxygens (including phenoxy) is 1. The Labute approximate surface area is 213 Å². The number of aryl methyl sites for hydroxylation is 1. The van der Waals surface area contributed by atoms with Crippen molar-refractivity contribution in [2.75, 3.05) is 7.05 Å². The van der Waals surface area contributed by atoms with E-state index < -0.39 is 18.1 Å². The highest BCUT2D eigenvalue weighted by molar-refractivity contribution is 5.90. The topological polar surface area (TPSA) is 99.4 Å². The maximum atomic E-state index is 15.3. The molecule has 0 bridgehead atoms. The molecule has 0 radical (unpaired) electrons. The van der Waals surface area contributed by atoms with Crippen LogP contribution in [0.5, 0.6) is 5.75 Å². The molecule has 1 aliphatic heterocycles. The minimum Gasteiger partial charge on any atom is -0.478 e. The molecule has 0 aromatic heterocycles. The Balaban J connectivity index is 1.37. The van der Waals surface area contributed by atoms with Gasteiger partial charge in [-0.25, -0.2) is 19.0 Å². The molecule has 0 saturated heterocycles. The summed E-state index contributed by atoms with van der Waals surface area (Å²) in [5.41, 5.74) is 4.10. The number of benzene rings is 3. The molecule has 3 aromatic carbocycles. The van der Waals surface area contributed by atoms with E-state index in [1.807, 2.05) is 30.3 Å². The fourth-order valence-electron chi connectivity index (χ4n) is 4.79. The van der Waals surface area contributed by atoms with E-state index in [0.29, 0.717) is 22.9 Å². The van der Waals surface area contributed by atoms with Crippen molar-refractivity contribution in [2.24, 2.45) is 4.99 Å². The van der Waals surface area contributed by atoms with Crippen LogP contribution in [0.3, 0.4) is 0 Å². The molecule has 3 unspecified atom stereocenters. The Kier molecular flexibility index (Phi) is 6.25. The molecule has 3 aromatic rings. The predicted molar refractivity (Wildman–Crippen MR) is 138 cm³/mol. The number of allylic oxidation sites excluding steroid dienone is 1. The quantitative estimate of drug-likeness (QED) is 0.493. The molecule has 0 amide bonds. The summed E-state index contributed by atoms with van der Waals surface area (Å²) >= 11 is 0. The lowest BCUT2D eigenvalue weighted by molar-refractivity contribution is 0.0685. The van der Waals surface area contributed by atoms with Crippen molar-refractivity contribution in [1.29, 1.82) is 0 Å². The molecule has 2 aliphatic rings. The molecule has 5 rings (SSSR count). The Hall–Kier alpha value is -4.46. The number of alkyl halides is 1. The molecular formula is C29H25FN2O5. The first-order chi connectivity index (χ1) is 17.7. The van der Waals surface area contributed by atoms with Crippen LogP contribution in [0.2, 0.25) is 0 Å². The zero-order valence-corrected chi connectivity index (χ0v) is 20.3. The number of nitrogens with zero attached hydrogens (tertiary/aromatic N) is 2. The van der Waals surface area contributed by atoms with Crippen LogP contribution in [-0.4, -0.2) is 58.4 Å². The second-order valence-electron chi connectivity index (χ2n) is 9.25. The number of aromatic carboxylic acids is 2. The van der Waals surface area contributed by atoms with Gasteiger partial charge in [-0.2, -0.15) is 0 Å². The minimum absolute atomic E-state index is 0.156. The van der Waals surface area contributed by atoms with E-state index in [9.17, 15) is 14.7 Å². The lowest BCUT2D eigenvalue weighted by Gasteiger charge is -2.31. The molecular weight excluding hydrogens is 475 g/mol. The van der Waals surface area contributed by atoms with Gasteiger partial charge in [0.2, 0.25) is 0 Å². The first-order valence-corrected chi connectivity index (χ1v) is 11.8. The van der Waals surface area contributed by atoms with Gasteiger partial charge >= 0.3 is 11.9 Å². The second kappa shape index (κ2) is 9.54. The number of aliphatic imine (C=N–C) groups is 1. The fraction of sp³-hybridized carbons (Fsp3) is 0.207. The standard InChI is InChI=1S/C29H25FN2O5/c1-16-3-12-21(13-22(16)28(35)36)37-29-31-25-14-23(24(30)15-26(25)32(29)2)19-8-4-17(5-9-19)18-6-10-20(11-7-18)27(33)34/h3-14,24-26H,15H2,1-2H3,(H,33,34)(H,35,36). The van der Waals surface area contributed by atoms with Crippen LogP contribution < -0.4 is 4.74 Å². The zero-order chi connectivity index (χ0) is 26.3. The highest BCUT2D eigenvalue weighted by Crippen LogP contribution is 2.37. The number of carboxylic acid groups (broad SMARTS) is 2. The predicted octanol–water partition coefficient (Wildman–Crippen LogP) is 5.30. The summed E-state index contributed by atoms with van der Waals surface area (Å²) < 4.78 is 21.2. The average Bonchev–Trinajstić information content (AvgIpc) is 3.18. The third-order valence-corrected chi connectivity index (χ3v) is 6.92. The maximum Gasteiger partial charge on any atom is 0.336 e. The van der Waals surface area contributed by atoms with Gasteiger partial charge in [0.1, 0.15) is 11.9 Å². The van der Waals surface area contributed by atoms with Gasteiger partial charge in [-0.15, -0.1) is 0 Å². The van der Waals surface area contributed by atoms with E-state index in [2.05, 4.69) is 4.99 Å². The van der Waals surface area contributed by atoms with Crippen LogP contribution in [0.4, 0.5) is 4.39 Å². The summed E-state index contributed by atoms with van der Waals surface area (Å²) in [4.78, 5) is 29.0. The highest BCUT2D eigenvalue weighted by atomic mass is 19.1. The molecule has 0 saturated carbocycles. The van der Waals surface area contributed by atoms with E-state index in [1.165, 1.54) is 6.07 Å². The van der Waals surface area contributed by atoms with Crippen LogP contribution >= 0.6 is 0 Å².